The number of aliphatic hydroxyl groups is 1. The molecule has 3 N–H and O–H groups in total. The molecule has 18 heteroatoms. The quantitative estimate of drug-likeness (QED) is 0.0924. The number of rotatable bonds is 9. The van der Waals surface area contributed by atoms with E-state index in [0.717, 1.165) is 16.9 Å². The molecule has 0 saturated carbocycles. The molecule has 14 atom stereocenters. The number of hydrogen-bond donors (Lipinski definition) is 3. The molecule has 1 aromatic rings. The second kappa shape index (κ2) is 19.6. The average Bonchev–Trinajstić information content (AvgIpc) is 3.80. The van der Waals surface area contributed by atoms with Gasteiger partial charge in [-0.25, -0.2) is 9.59 Å². The zero-order valence-electron chi connectivity index (χ0n) is 36.5. The Labute approximate surface area is 356 Å². The minimum Gasteiger partial charge on any atom is -0.458 e. The number of nitrogens with one attached hydrogen (secondary N) is 2. The van der Waals surface area contributed by atoms with E-state index in [1.165, 1.54) is 6.07 Å². The Morgan fingerprint density at radius 1 is 1.17 bits per heavy atom. The van der Waals surface area contributed by atoms with Gasteiger partial charge >= 0.3 is 23.2 Å². The van der Waals surface area contributed by atoms with E-state index in [4.69, 9.17) is 33.2 Å². The van der Waals surface area contributed by atoms with Crippen molar-refractivity contribution in [3.05, 3.63) is 50.9 Å². The number of nitro groups is 1. The molecule has 0 aliphatic carbocycles. The highest BCUT2D eigenvalue weighted by Crippen LogP contribution is 2.44. The van der Waals surface area contributed by atoms with E-state index in [1.807, 2.05) is 60.5 Å². The van der Waals surface area contributed by atoms with Gasteiger partial charge in [-0.3, -0.25) is 14.9 Å². The Morgan fingerprint density at radius 3 is 2.53 bits per heavy atom. The van der Waals surface area contributed by atoms with Crippen LogP contribution in [-0.4, -0.2) is 127 Å². The molecule has 60 heavy (non-hydrogen) atoms. The fraction of sp³-hybridized carbons (Fsp3) is 0.738. The summed E-state index contributed by atoms with van der Waals surface area (Å²) in [6.07, 6.45) is -3.08. The lowest BCUT2D eigenvalue weighted by Crippen LogP contribution is -2.60. The molecule has 3 unspecified atom stereocenters. The summed E-state index contributed by atoms with van der Waals surface area (Å²) in [6.45, 7) is 19.5. The van der Waals surface area contributed by atoms with Crippen molar-refractivity contribution in [3.8, 4) is 0 Å². The fourth-order valence-electron chi connectivity index (χ4n) is 9.50. The summed E-state index contributed by atoms with van der Waals surface area (Å²) in [7, 11) is 3.81. The van der Waals surface area contributed by atoms with Gasteiger partial charge in [0, 0.05) is 28.8 Å². The van der Waals surface area contributed by atoms with Gasteiger partial charge in [0.05, 0.1) is 60.6 Å². The Bertz CT molecular complexity index is 1760. The van der Waals surface area contributed by atoms with Crippen LogP contribution in [0.5, 0.6) is 0 Å². The van der Waals surface area contributed by atoms with Crippen molar-refractivity contribution >= 4 is 34.5 Å². The van der Waals surface area contributed by atoms with Crippen LogP contribution in [0, 0.1) is 33.8 Å². The van der Waals surface area contributed by atoms with E-state index in [0.29, 0.717) is 29.7 Å². The highest BCUT2D eigenvalue weighted by molar-refractivity contribution is 7.15. The number of nitrogens with zero attached hydrogens (tertiary/aromatic N) is 2. The first kappa shape index (κ1) is 47.4. The summed E-state index contributed by atoms with van der Waals surface area (Å²) >= 11 is 0.959. The van der Waals surface area contributed by atoms with Crippen LogP contribution in [0.2, 0.25) is 0 Å². The third kappa shape index (κ3) is 10.5. The maximum absolute atomic E-state index is 14.3. The van der Waals surface area contributed by atoms with Crippen LogP contribution in [0.15, 0.2) is 35.9 Å². The zero-order chi connectivity index (χ0) is 44.3. The van der Waals surface area contributed by atoms with E-state index in [1.54, 1.807) is 26.0 Å². The van der Waals surface area contributed by atoms with Crippen LogP contribution >= 0.6 is 11.3 Å². The van der Waals surface area contributed by atoms with Crippen LogP contribution in [0.1, 0.15) is 79.5 Å². The van der Waals surface area contributed by atoms with Gasteiger partial charge in [0.2, 0.25) is 0 Å². The predicted molar refractivity (Wildman–Crippen MR) is 221 cm³/mol. The first-order chi connectivity index (χ1) is 28.2. The number of hydrogen-bond acceptors (Lipinski definition) is 15. The molecule has 2 amide bonds. The zero-order valence-corrected chi connectivity index (χ0v) is 37.3. The number of carbonyl (C=O) groups is 3. The summed E-state index contributed by atoms with van der Waals surface area (Å²) in [5, 5.41) is 28.4. The Morgan fingerprint density at radius 2 is 1.88 bits per heavy atom. The van der Waals surface area contributed by atoms with Crippen LogP contribution in [0.3, 0.4) is 0 Å². The smallest absolute Gasteiger partial charge is 0.408 e. The lowest BCUT2D eigenvalue weighted by atomic mass is 9.71. The molecule has 4 aliphatic rings. The second-order valence-corrected chi connectivity index (χ2v) is 18.6. The molecule has 4 fully saturated rings. The monoisotopic (exact) mass is 864 g/mol. The van der Waals surface area contributed by atoms with E-state index < -0.39 is 88.8 Å². The van der Waals surface area contributed by atoms with E-state index >= 15 is 0 Å². The van der Waals surface area contributed by atoms with Crippen molar-refractivity contribution in [1.82, 2.24) is 15.5 Å². The normalized spacial score (nSPS) is 38.7. The minimum atomic E-state index is -1.30. The summed E-state index contributed by atoms with van der Waals surface area (Å²) in [6, 6.07) is 2.01. The second-order valence-electron chi connectivity index (χ2n) is 17.5. The Hall–Kier alpha value is -3.65. The molecule has 336 valence electrons. The molecule has 0 aromatic carbocycles. The number of fused-ring (bicyclic) bond motifs is 4. The van der Waals surface area contributed by atoms with Crippen molar-refractivity contribution in [1.29, 1.82) is 0 Å². The van der Waals surface area contributed by atoms with Gasteiger partial charge in [-0.1, -0.05) is 51.2 Å². The topological polar surface area (TPSA) is 206 Å². The van der Waals surface area contributed by atoms with Gasteiger partial charge in [0.25, 0.3) is 0 Å². The van der Waals surface area contributed by atoms with Gasteiger partial charge in [0.15, 0.2) is 11.9 Å². The van der Waals surface area contributed by atoms with E-state index in [2.05, 4.69) is 17.2 Å². The summed E-state index contributed by atoms with van der Waals surface area (Å²) in [5.41, 5.74) is -0.987. The number of alkyl carbamates (subject to hydrolysis) is 2. The maximum Gasteiger partial charge on any atom is 0.408 e. The summed E-state index contributed by atoms with van der Waals surface area (Å²) in [4.78, 5) is 53.5. The number of ether oxygens (including phenoxy) is 7. The third-order valence-corrected chi connectivity index (χ3v) is 13.7. The largest absolute Gasteiger partial charge is 0.458 e. The minimum absolute atomic E-state index is 0.0342. The molecule has 5 heterocycles. The van der Waals surface area contributed by atoms with Crippen molar-refractivity contribution in [2.24, 2.45) is 23.7 Å². The number of likely N-dealkylation sites (N-methyl/N-ethyl adjacent to an activating group) is 1. The van der Waals surface area contributed by atoms with Crippen molar-refractivity contribution < 1.29 is 57.6 Å². The number of esters is 1. The number of thiophene rings is 1. The first-order valence-corrected chi connectivity index (χ1v) is 21.6. The van der Waals surface area contributed by atoms with Crippen molar-refractivity contribution in [2.75, 3.05) is 33.9 Å². The highest BCUT2D eigenvalue weighted by Gasteiger charge is 2.57. The fourth-order valence-corrected chi connectivity index (χ4v) is 10.3. The highest BCUT2D eigenvalue weighted by atomic mass is 32.1. The van der Waals surface area contributed by atoms with Gasteiger partial charge < -0.3 is 53.8 Å². The van der Waals surface area contributed by atoms with Gasteiger partial charge in [-0.15, -0.1) is 0 Å². The van der Waals surface area contributed by atoms with Crippen molar-refractivity contribution in [2.45, 2.75) is 141 Å². The number of cyclic esters (lactones) is 1. The Balaban J connectivity index is 1.56. The van der Waals surface area contributed by atoms with Crippen molar-refractivity contribution in [3.63, 3.8) is 0 Å². The number of carbonyl (C=O) groups excluding carboxylic acids is 3. The predicted octanol–water partition coefficient (Wildman–Crippen LogP) is 5.49. The van der Waals surface area contributed by atoms with Gasteiger partial charge in [-0.2, -0.15) is 0 Å². The number of aliphatic hydroxyl groups excluding tert-OH is 1. The van der Waals surface area contributed by atoms with Crippen LogP contribution in [0.25, 0.3) is 0 Å². The molecule has 0 spiro atoms. The van der Waals surface area contributed by atoms with Gasteiger partial charge in [0.1, 0.15) is 18.8 Å². The molecule has 4 saturated heterocycles. The summed E-state index contributed by atoms with van der Waals surface area (Å²) in [5.74, 6) is -2.70. The van der Waals surface area contributed by atoms with Crippen LogP contribution in [-0.2, 0) is 44.5 Å². The molecule has 0 radical (unpaired) electrons. The SMILES string of the molecule is C=C1COC2[C@@H](C)C(=O)O[C@H](CC)[C@@]3(C)OC(=O)NC3[C@@H](C)/C(=C/COC(=O)NCc3ccc([N+](=O)[O-])s3)[C@H](C)C[C@@](C)(OC1)[C@H](OC1O[C@H](C)C[C@H](N(C)C)[C@H]1O)[C@H]2C. The molecule has 2 bridgehead atoms. The molecular weight excluding hydrogens is 801 g/mol. The maximum atomic E-state index is 14.3. The Kier molecular flexibility index (Phi) is 15.5. The lowest BCUT2D eigenvalue weighted by molar-refractivity contribution is -0.380. The number of amides is 2. The van der Waals surface area contributed by atoms with E-state index in [-0.39, 0.29) is 49.4 Å². The van der Waals surface area contributed by atoms with Gasteiger partial charge in [-0.05, 0) is 84.7 Å². The molecule has 5 rings (SSSR count). The standard InChI is InChI=1S/C42H64N4O13S/c1-12-31-42(9)35(44-40(50)59-42)25(5)29(15-16-53-39(49)43-19-28-13-14-32(60-28)46(51)52)23(3)18-41(8)36(58-38-33(47)30(45(10)11)17-24(4)56-38)26(6)34(27(7)37(48)57-31)54-20-22(2)21-55-41/h13-15,23-27,30-31,33-36,38,47H,2,12,16-21H2,1,3-11H3,(H,43,49)(H,44,50)/b29-15+/t23-,24-,25+,26+,27-,30+,31-,33-,34?,35?,36-,38?,41-,42-/m1/s1. The molecular formula is C42H64N4O13S. The summed E-state index contributed by atoms with van der Waals surface area (Å²) < 4.78 is 44.6. The lowest BCUT2D eigenvalue weighted by Gasteiger charge is -2.49. The van der Waals surface area contributed by atoms with Crippen LogP contribution in [0.4, 0.5) is 14.6 Å². The molecule has 17 nitrogen and oxygen atoms in total. The first-order valence-electron chi connectivity index (χ1n) is 20.8. The van der Waals surface area contributed by atoms with Crippen LogP contribution < -0.4 is 10.6 Å². The van der Waals surface area contributed by atoms with E-state index in [9.17, 15) is 29.6 Å². The average molecular weight is 865 g/mol. The molecule has 4 aliphatic heterocycles. The molecule has 1 aromatic heterocycles. The third-order valence-electron chi connectivity index (χ3n) is 12.7.